The van der Waals surface area contributed by atoms with Crippen molar-refractivity contribution in [2.24, 2.45) is 0 Å². The molecule has 0 aliphatic carbocycles. The molecule has 2 aromatic rings. The lowest BCUT2D eigenvalue weighted by atomic mass is 9.78. The summed E-state index contributed by atoms with van der Waals surface area (Å²) in [5.74, 6) is -6.14. The summed E-state index contributed by atoms with van der Waals surface area (Å²) in [6, 6.07) is 5.14. The highest BCUT2D eigenvalue weighted by atomic mass is 16.7. The molecule has 5 rings (SSSR count). The molecule has 1 fully saturated rings. The quantitative estimate of drug-likeness (QED) is 0.0940. The van der Waals surface area contributed by atoms with Crippen LogP contribution >= 0.6 is 0 Å². The fourth-order valence-electron chi connectivity index (χ4n) is 5.54. The van der Waals surface area contributed by atoms with E-state index >= 15 is 0 Å². The van der Waals surface area contributed by atoms with Crippen molar-refractivity contribution >= 4 is 66.6 Å². The molecule has 1 saturated heterocycles. The van der Waals surface area contributed by atoms with Gasteiger partial charge < -0.3 is 45.3 Å². The molecular weight excluding hydrogens is 646 g/mol. The number of carboxylic acid groups (broad SMARTS) is 1. The van der Waals surface area contributed by atoms with Crippen molar-refractivity contribution in [3.63, 3.8) is 0 Å². The van der Waals surface area contributed by atoms with Crippen LogP contribution in [0.1, 0.15) is 70.9 Å². The van der Waals surface area contributed by atoms with Crippen LogP contribution in [0.5, 0.6) is 0 Å². The maximum atomic E-state index is 13.8. The van der Waals surface area contributed by atoms with Crippen molar-refractivity contribution in [2.75, 3.05) is 0 Å². The van der Waals surface area contributed by atoms with Crippen molar-refractivity contribution in [1.29, 1.82) is 0 Å². The topological polar surface area (TPSA) is 247 Å². The maximum absolute atomic E-state index is 13.8. The number of hydrogen-bond donors (Lipinski definition) is 6. The van der Waals surface area contributed by atoms with Gasteiger partial charge in [0.15, 0.2) is 0 Å². The molecule has 0 bridgehead atoms. The molecule has 3 aliphatic heterocycles. The van der Waals surface area contributed by atoms with Gasteiger partial charge >= 0.3 is 26.2 Å². The Morgan fingerprint density at radius 2 is 1.39 bits per heavy atom. The van der Waals surface area contributed by atoms with Crippen LogP contribution in [0.4, 0.5) is 0 Å². The molecule has 0 spiro atoms. The predicted molar refractivity (Wildman–Crippen MR) is 166 cm³/mol. The van der Waals surface area contributed by atoms with E-state index in [4.69, 9.17) is 14.1 Å². The van der Waals surface area contributed by atoms with Crippen molar-refractivity contribution in [2.45, 2.75) is 70.4 Å². The van der Waals surface area contributed by atoms with Gasteiger partial charge in [-0.25, -0.2) is 4.79 Å². The van der Waals surface area contributed by atoms with Gasteiger partial charge in [-0.1, -0.05) is 12.1 Å². The van der Waals surface area contributed by atoms with Crippen molar-refractivity contribution in [3.05, 3.63) is 58.7 Å². The van der Waals surface area contributed by atoms with Gasteiger partial charge in [0.05, 0.1) is 25.7 Å². The molecule has 3 heterocycles. The van der Waals surface area contributed by atoms with Crippen molar-refractivity contribution in [3.8, 4) is 0 Å². The molecule has 0 aromatic heterocycles. The Kier molecular flexibility index (Phi) is 10.8. The van der Waals surface area contributed by atoms with Crippen LogP contribution in [0.3, 0.4) is 0 Å². The number of aliphatic carboxylic acids is 1. The Balaban J connectivity index is 1.35. The van der Waals surface area contributed by atoms with Gasteiger partial charge in [0.25, 0.3) is 23.6 Å². The Labute approximate surface area is 279 Å². The second-order valence-electron chi connectivity index (χ2n) is 11.8. The van der Waals surface area contributed by atoms with Gasteiger partial charge in [-0.3, -0.25) is 28.8 Å². The number of hydrogen-bond acceptors (Lipinski definition) is 12. The first kappa shape index (κ1) is 35.2. The van der Waals surface area contributed by atoms with E-state index in [-0.39, 0.29) is 43.6 Å². The molecule has 49 heavy (non-hydrogen) atoms. The SMILES string of the molecule is C[C@H](NC(=O)c1ccc2c(c1)B(O)OC2)[C@H](NC(=O)c1ccc2c(c1)B(O)OC2)C(=O)N[C@@H](CCC(=O)O)CC(=O)ON1C(=O)CCC1=O. The standard InChI is InChI=1S/C30H32B2N4O13/c1-15(33-28(42)16-2-4-18-13-47-31(45)21(18)10-16)27(35-29(43)17-3-5-19-14-48-32(46)22(19)11-17)30(44)34-20(6-9-25(39)40)12-26(41)49-36-23(37)7-8-24(36)38/h2-5,10-11,15,20,27,45-46H,6-9,12-14H2,1H3,(H,33,42)(H,34,44)(H,35,43)(H,39,40)/t15-,20-,27-/m0/s1. The summed E-state index contributed by atoms with van der Waals surface area (Å²) in [5, 5.41) is 37.5. The minimum absolute atomic E-state index is 0.0539. The van der Waals surface area contributed by atoms with E-state index in [2.05, 4.69) is 16.0 Å². The number of carboxylic acids is 1. The second-order valence-corrected chi connectivity index (χ2v) is 11.8. The number of fused-ring (bicyclic) bond motifs is 2. The van der Waals surface area contributed by atoms with E-state index in [0.717, 1.165) is 0 Å². The fourth-order valence-corrected chi connectivity index (χ4v) is 5.54. The first-order valence-corrected chi connectivity index (χ1v) is 15.4. The molecule has 0 saturated carbocycles. The van der Waals surface area contributed by atoms with Crippen LogP contribution in [0.15, 0.2) is 36.4 Å². The molecule has 2 aromatic carbocycles. The molecule has 6 N–H and O–H groups in total. The largest absolute Gasteiger partial charge is 0.491 e. The molecule has 0 radical (unpaired) electrons. The minimum atomic E-state index is -1.51. The molecule has 5 amide bonds. The van der Waals surface area contributed by atoms with Crippen molar-refractivity contribution < 1.29 is 62.9 Å². The predicted octanol–water partition coefficient (Wildman–Crippen LogP) is -2.61. The van der Waals surface area contributed by atoms with E-state index in [1.807, 2.05) is 0 Å². The number of hydroxylamine groups is 2. The highest BCUT2D eigenvalue weighted by molar-refractivity contribution is 6.62. The number of carbonyl (C=O) groups is 7. The zero-order chi connectivity index (χ0) is 35.4. The molecular formula is C30H32B2N4O13. The minimum Gasteiger partial charge on any atom is -0.481 e. The van der Waals surface area contributed by atoms with Crippen LogP contribution in [0.25, 0.3) is 0 Å². The smallest absolute Gasteiger partial charge is 0.481 e. The normalized spacial score (nSPS) is 16.8. The number of amides is 5. The van der Waals surface area contributed by atoms with Gasteiger partial charge in [-0.15, -0.1) is 5.06 Å². The van der Waals surface area contributed by atoms with E-state index in [1.165, 1.54) is 31.2 Å². The Bertz CT molecular complexity index is 1690. The first-order valence-electron chi connectivity index (χ1n) is 15.4. The van der Waals surface area contributed by atoms with E-state index in [1.54, 1.807) is 12.1 Å². The lowest BCUT2D eigenvalue weighted by Crippen LogP contribution is -2.59. The van der Waals surface area contributed by atoms with Gasteiger partial charge in [-0.2, -0.15) is 0 Å². The summed E-state index contributed by atoms with van der Waals surface area (Å²) in [4.78, 5) is 93.2. The third-order valence-corrected chi connectivity index (χ3v) is 8.23. The molecule has 3 atom stereocenters. The van der Waals surface area contributed by atoms with Gasteiger partial charge in [-0.05, 0) is 59.7 Å². The first-order chi connectivity index (χ1) is 23.3. The summed E-state index contributed by atoms with van der Waals surface area (Å²) in [5.41, 5.74) is 2.29. The van der Waals surface area contributed by atoms with Crippen LogP contribution in [-0.2, 0) is 51.3 Å². The van der Waals surface area contributed by atoms with Crippen LogP contribution in [0.2, 0.25) is 0 Å². The lowest BCUT2D eigenvalue weighted by molar-refractivity contribution is -0.197. The van der Waals surface area contributed by atoms with Gasteiger partial charge in [0, 0.05) is 36.4 Å². The number of carbonyl (C=O) groups excluding carboxylic acids is 6. The zero-order valence-corrected chi connectivity index (χ0v) is 26.2. The van der Waals surface area contributed by atoms with Gasteiger partial charge in [0.2, 0.25) is 5.91 Å². The number of imide groups is 1. The lowest BCUT2D eigenvalue weighted by Gasteiger charge is -2.28. The molecule has 19 heteroatoms. The number of benzene rings is 2. The average molecular weight is 678 g/mol. The average Bonchev–Trinajstić information content (AvgIpc) is 3.73. The third-order valence-electron chi connectivity index (χ3n) is 8.23. The second kappa shape index (κ2) is 15.0. The third kappa shape index (κ3) is 8.32. The molecule has 3 aliphatic rings. The summed E-state index contributed by atoms with van der Waals surface area (Å²) >= 11 is 0. The fraction of sp³-hybridized carbons (Fsp3) is 0.367. The zero-order valence-electron chi connectivity index (χ0n) is 26.2. The number of rotatable bonds is 13. The van der Waals surface area contributed by atoms with E-state index in [9.17, 15) is 48.7 Å². The number of nitrogens with one attached hydrogen (secondary N) is 3. The van der Waals surface area contributed by atoms with Gasteiger partial charge in [0.1, 0.15) is 6.04 Å². The van der Waals surface area contributed by atoms with Crippen LogP contribution in [0, 0.1) is 0 Å². The summed E-state index contributed by atoms with van der Waals surface area (Å²) in [7, 11) is -2.47. The highest BCUT2D eigenvalue weighted by Crippen LogP contribution is 2.16. The maximum Gasteiger partial charge on any atom is 0.491 e. The summed E-state index contributed by atoms with van der Waals surface area (Å²) in [6.07, 6.45) is -1.70. The van der Waals surface area contributed by atoms with E-state index in [0.29, 0.717) is 27.1 Å². The summed E-state index contributed by atoms with van der Waals surface area (Å²) in [6.45, 7) is 1.73. The number of nitrogens with zero attached hydrogens (tertiary/aromatic N) is 1. The highest BCUT2D eigenvalue weighted by Gasteiger charge is 2.36. The van der Waals surface area contributed by atoms with E-state index < -0.39 is 86.7 Å². The Morgan fingerprint density at radius 1 is 0.857 bits per heavy atom. The Hall–Kier alpha value is -5.10. The molecule has 0 unspecified atom stereocenters. The molecule has 17 nitrogen and oxygen atoms in total. The Morgan fingerprint density at radius 3 is 1.92 bits per heavy atom. The van der Waals surface area contributed by atoms with Crippen LogP contribution in [-0.4, -0.2) is 94.1 Å². The van der Waals surface area contributed by atoms with Crippen LogP contribution < -0.4 is 26.9 Å². The monoisotopic (exact) mass is 678 g/mol. The van der Waals surface area contributed by atoms with Crippen molar-refractivity contribution in [1.82, 2.24) is 21.0 Å². The summed E-state index contributed by atoms with van der Waals surface area (Å²) < 4.78 is 10.3. The molecule has 256 valence electrons.